The molecule has 0 aromatic rings. The Morgan fingerprint density at radius 2 is 2.18 bits per heavy atom. The molecule has 0 aromatic carbocycles. The van der Waals surface area contributed by atoms with E-state index in [2.05, 4.69) is 5.32 Å². The van der Waals surface area contributed by atoms with Gasteiger partial charge in [-0.2, -0.15) is 0 Å². The fourth-order valence-electron chi connectivity index (χ4n) is 0.707. The molecule has 0 aliphatic carbocycles. The summed E-state index contributed by atoms with van der Waals surface area (Å²) in [4.78, 5) is 21.2. The largest absolute Gasteiger partial charge is 0.325 e. The summed E-state index contributed by atoms with van der Waals surface area (Å²) in [5.74, 6) is -0.539. The SMILES string of the molecule is O=C1NC(=O)[C@H](CS(=O)Cl)N1. The van der Waals surface area contributed by atoms with Crippen LogP contribution in [0.3, 0.4) is 0 Å². The molecule has 2 N–H and O–H groups in total. The summed E-state index contributed by atoms with van der Waals surface area (Å²) in [5, 5.41) is 4.25. The molecule has 11 heavy (non-hydrogen) atoms. The fraction of sp³-hybridized carbons (Fsp3) is 0.500. The van der Waals surface area contributed by atoms with Gasteiger partial charge >= 0.3 is 6.03 Å². The van der Waals surface area contributed by atoms with E-state index in [9.17, 15) is 13.8 Å². The van der Waals surface area contributed by atoms with E-state index in [4.69, 9.17) is 10.7 Å². The highest BCUT2D eigenvalue weighted by atomic mass is 35.7. The van der Waals surface area contributed by atoms with E-state index in [1.807, 2.05) is 5.32 Å². The first kappa shape index (κ1) is 8.48. The maximum atomic E-state index is 10.7. The molecule has 62 valence electrons. The van der Waals surface area contributed by atoms with E-state index in [0.29, 0.717) is 0 Å². The number of carbonyl (C=O) groups excluding carboxylic acids is 2. The molecule has 7 heteroatoms. The van der Waals surface area contributed by atoms with Crippen LogP contribution >= 0.6 is 10.7 Å². The molecule has 0 spiro atoms. The van der Waals surface area contributed by atoms with Crippen molar-refractivity contribution < 1.29 is 13.8 Å². The van der Waals surface area contributed by atoms with Crippen molar-refractivity contribution in [3.8, 4) is 0 Å². The van der Waals surface area contributed by atoms with Gasteiger partial charge in [-0.25, -0.2) is 9.00 Å². The van der Waals surface area contributed by atoms with Crippen molar-refractivity contribution in [2.24, 2.45) is 0 Å². The second kappa shape index (κ2) is 3.19. The van der Waals surface area contributed by atoms with Gasteiger partial charge in [0.2, 0.25) is 0 Å². The molecule has 1 aliphatic rings. The molecule has 1 fully saturated rings. The topological polar surface area (TPSA) is 75.3 Å². The average molecular weight is 197 g/mol. The van der Waals surface area contributed by atoms with Crippen molar-refractivity contribution in [1.29, 1.82) is 0 Å². The van der Waals surface area contributed by atoms with Gasteiger partial charge in [0.1, 0.15) is 16.1 Å². The normalized spacial score (nSPS) is 26.1. The number of carbonyl (C=O) groups is 2. The Labute approximate surface area is 69.4 Å². The predicted molar refractivity (Wildman–Crippen MR) is 39.3 cm³/mol. The van der Waals surface area contributed by atoms with Crippen LogP contribution in [0, 0.1) is 0 Å². The fourth-order valence-corrected chi connectivity index (χ4v) is 1.58. The van der Waals surface area contributed by atoms with Gasteiger partial charge in [0.25, 0.3) is 5.91 Å². The molecule has 1 aliphatic heterocycles. The predicted octanol–water partition coefficient (Wildman–Crippen LogP) is -0.903. The number of hydrogen-bond acceptors (Lipinski definition) is 3. The van der Waals surface area contributed by atoms with E-state index in [-0.39, 0.29) is 5.75 Å². The first-order chi connectivity index (χ1) is 5.09. The van der Waals surface area contributed by atoms with Crippen molar-refractivity contribution in [2.45, 2.75) is 6.04 Å². The lowest BCUT2D eigenvalue weighted by atomic mass is 10.3. The molecule has 0 radical (unpaired) electrons. The second-order valence-corrected chi connectivity index (χ2v) is 3.92. The minimum absolute atomic E-state index is 0.0564. The van der Waals surface area contributed by atoms with Crippen molar-refractivity contribution in [2.75, 3.05) is 5.75 Å². The Hall–Kier alpha value is -0.620. The quantitative estimate of drug-likeness (QED) is 0.444. The highest BCUT2D eigenvalue weighted by molar-refractivity contribution is 8.08. The van der Waals surface area contributed by atoms with Crippen molar-refractivity contribution in [3.63, 3.8) is 0 Å². The summed E-state index contributed by atoms with van der Waals surface area (Å²) < 4.78 is 10.4. The Morgan fingerprint density at radius 1 is 1.55 bits per heavy atom. The van der Waals surface area contributed by atoms with Gasteiger partial charge in [-0.15, -0.1) is 0 Å². The Balaban J connectivity index is 2.53. The van der Waals surface area contributed by atoms with Gasteiger partial charge in [0.05, 0.1) is 5.75 Å². The van der Waals surface area contributed by atoms with Crippen molar-refractivity contribution >= 4 is 32.6 Å². The standard InChI is InChI=1S/C4H5ClN2O3S/c5-11(10)1-2-3(8)7-4(9)6-2/h2H,1H2,(H2,6,7,8,9)/t2-,11?/m0/s1. The third-order valence-corrected chi connectivity index (χ3v) is 2.13. The van der Waals surface area contributed by atoms with E-state index >= 15 is 0 Å². The van der Waals surface area contributed by atoms with Crippen LogP contribution in [0.5, 0.6) is 0 Å². The van der Waals surface area contributed by atoms with E-state index in [1.54, 1.807) is 0 Å². The van der Waals surface area contributed by atoms with Crippen molar-refractivity contribution in [3.05, 3.63) is 0 Å². The van der Waals surface area contributed by atoms with Gasteiger partial charge in [-0.3, -0.25) is 10.1 Å². The highest BCUT2D eigenvalue weighted by Crippen LogP contribution is 1.98. The summed E-state index contributed by atoms with van der Waals surface area (Å²) in [5.41, 5.74) is 0. The third-order valence-electron chi connectivity index (χ3n) is 1.16. The maximum Gasteiger partial charge on any atom is 0.322 e. The highest BCUT2D eigenvalue weighted by Gasteiger charge is 2.30. The van der Waals surface area contributed by atoms with Crippen LogP contribution in [-0.4, -0.2) is 27.9 Å². The second-order valence-electron chi connectivity index (χ2n) is 1.97. The summed E-state index contributed by atoms with van der Waals surface area (Å²) in [6.45, 7) is 0. The monoisotopic (exact) mass is 196 g/mol. The molecule has 0 bridgehead atoms. The first-order valence-electron chi connectivity index (χ1n) is 2.75. The van der Waals surface area contributed by atoms with Crippen LogP contribution in [0.2, 0.25) is 0 Å². The minimum atomic E-state index is -1.59. The number of imide groups is 1. The number of urea groups is 1. The lowest BCUT2D eigenvalue weighted by molar-refractivity contribution is -0.119. The number of hydrogen-bond donors (Lipinski definition) is 2. The first-order valence-corrected chi connectivity index (χ1v) is 4.90. The minimum Gasteiger partial charge on any atom is -0.325 e. The van der Waals surface area contributed by atoms with Gasteiger partial charge in [-0.1, -0.05) is 0 Å². The third kappa shape index (κ3) is 2.16. The molecule has 1 rings (SSSR count). The van der Waals surface area contributed by atoms with E-state index < -0.39 is 28.0 Å². The molecule has 1 saturated heterocycles. The van der Waals surface area contributed by atoms with E-state index in [1.165, 1.54) is 0 Å². The summed E-state index contributed by atoms with van der Waals surface area (Å²) in [6.07, 6.45) is 0. The molecular formula is C4H5ClN2O3S. The molecule has 1 heterocycles. The molecule has 1 unspecified atom stereocenters. The van der Waals surface area contributed by atoms with Crippen LogP contribution < -0.4 is 10.6 Å². The van der Waals surface area contributed by atoms with Crippen LogP contribution in [0.15, 0.2) is 0 Å². The van der Waals surface area contributed by atoms with Crippen LogP contribution in [0.25, 0.3) is 0 Å². The number of nitrogens with one attached hydrogen (secondary N) is 2. The summed E-state index contributed by atoms with van der Waals surface area (Å²) in [6, 6.07) is -1.32. The number of halogens is 1. The lowest BCUT2D eigenvalue weighted by Gasteiger charge is -2.00. The summed E-state index contributed by atoms with van der Waals surface area (Å²) >= 11 is 0. The zero-order chi connectivity index (χ0) is 8.43. The Kier molecular flexibility index (Phi) is 2.45. The molecule has 0 aromatic heterocycles. The smallest absolute Gasteiger partial charge is 0.322 e. The number of rotatable bonds is 2. The van der Waals surface area contributed by atoms with Gasteiger partial charge in [-0.05, 0) is 10.7 Å². The molecule has 2 atom stereocenters. The average Bonchev–Trinajstić information content (AvgIpc) is 2.09. The molecule has 5 nitrogen and oxygen atoms in total. The Bertz CT molecular complexity index is 231. The molecule has 0 saturated carbocycles. The maximum absolute atomic E-state index is 10.7. The zero-order valence-electron chi connectivity index (χ0n) is 5.30. The van der Waals surface area contributed by atoms with Crippen LogP contribution in [0.4, 0.5) is 4.79 Å². The summed E-state index contributed by atoms with van der Waals surface area (Å²) in [7, 11) is 3.52. The van der Waals surface area contributed by atoms with Gasteiger partial charge < -0.3 is 5.32 Å². The molecular weight excluding hydrogens is 192 g/mol. The number of amides is 3. The van der Waals surface area contributed by atoms with Gasteiger partial charge in [0.15, 0.2) is 0 Å². The van der Waals surface area contributed by atoms with Gasteiger partial charge in [0, 0.05) is 0 Å². The van der Waals surface area contributed by atoms with E-state index in [0.717, 1.165) is 0 Å². The zero-order valence-corrected chi connectivity index (χ0v) is 6.87. The van der Waals surface area contributed by atoms with Crippen LogP contribution in [-0.2, 0) is 14.8 Å². The molecule has 3 amide bonds. The van der Waals surface area contributed by atoms with Crippen LogP contribution in [0.1, 0.15) is 0 Å². The van der Waals surface area contributed by atoms with Crippen molar-refractivity contribution in [1.82, 2.24) is 10.6 Å². The Morgan fingerprint density at radius 3 is 2.55 bits per heavy atom. The lowest BCUT2D eigenvalue weighted by Crippen LogP contribution is -2.33.